The zero-order chi connectivity index (χ0) is 10.6. The second-order valence-electron chi connectivity index (χ2n) is 3.32. The van der Waals surface area contributed by atoms with E-state index in [1.54, 1.807) is 12.1 Å². The van der Waals surface area contributed by atoms with Crippen molar-refractivity contribution in [2.24, 2.45) is 0 Å². The molecule has 1 aromatic rings. The van der Waals surface area contributed by atoms with Gasteiger partial charge in [0.15, 0.2) is 0 Å². The summed E-state index contributed by atoms with van der Waals surface area (Å²) in [6.07, 6.45) is 1.06. The quantitative estimate of drug-likeness (QED) is 0.540. The highest BCUT2D eigenvalue weighted by atomic mass is 16.2. The summed E-state index contributed by atoms with van der Waals surface area (Å²) in [7, 11) is 0. The van der Waals surface area contributed by atoms with E-state index < -0.39 is 0 Å². The summed E-state index contributed by atoms with van der Waals surface area (Å²) in [6, 6.07) is 7.17. The molecular formula is C12H14O2. The summed E-state index contributed by atoms with van der Waals surface area (Å²) in [5, 5.41) is 0. The Kier molecular flexibility index (Phi) is 3.57. The SMILES string of the molecule is CCCC(=O)C(=O)c1ccccc1C. The van der Waals surface area contributed by atoms with Crippen molar-refractivity contribution in [1.29, 1.82) is 0 Å². The van der Waals surface area contributed by atoms with E-state index in [9.17, 15) is 9.59 Å². The summed E-state index contributed by atoms with van der Waals surface area (Å²) >= 11 is 0. The Balaban J connectivity index is 2.90. The Bertz CT molecular complexity index is 353. The van der Waals surface area contributed by atoms with Crippen LogP contribution in [0.25, 0.3) is 0 Å². The first-order valence-electron chi connectivity index (χ1n) is 4.80. The lowest BCUT2D eigenvalue weighted by molar-refractivity contribution is -0.115. The highest BCUT2D eigenvalue weighted by molar-refractivity contribution is 6.43. The Hall–Kier alpha value is -1.44. The molecule has 0 aliphatic heterocycles. The Morgan fingerprint density at radius 1 is 1.21 bits per heavy atom. The van der Waals surface area contributed by atoms with Gasteiger partial charge in [0.25, 0.3) is 0 Å². The van der Waals surface area contributed by atoms with Gasteiger partial charge in [-0.25, -0.2) is 0 Å². The van der Waals surface area contributed by atoms with Crippen molar-refractivity contribution in [2.45, 2.75) is 26.7 Å². The van der Waals surface area contributed by atoms with Crippen molar-refractivity contribution < 1.29 is 9.59 Å². The summed E-state index contributed by atoms with van der Waals surface area (Å²) in [4.78, 5) is 23.0. The predicted molar refractivity (Wildman–Crippen MR) is 55.4 cm³/mol. The van der Waals surface area contributed by atoms with Gasteiger partial charge in [-0.15, -0.1) is 0 Å². The molecule has 0 radical (unpaired) electrons. The van der Waals surface area contributed by atoms with Crippen LogP contribution in [0.4, 0.5) is 0 Å². The number of carbonyl (C=O) groups is 2. The monoisotopic (exact) mass is 190 g/mol. The number of aryl methyl sites for hydroxylation is 1. The summed E-state index contributed by atoms with van der Waals surface area (Å²) in [5.41, 5.74) is 1.40. The molecule has 1 rings (SSSR count). The molecule has 2 heteroatoms. The van der Waals surface area contributed by atoms with Crippen LogP contribution in [0.15, 0.2) is 24.3 Å². The van der Waals surface area contributed by atoms with Crippen LogP contribution in [0.2, 0.25) is 0 Å². The van der Waals surface area contributed by atoms with Gasteiger partial charge in [0.1, 0.15) is 0 Å². The normalized spacial score (nSPS) is 9.86. The minimum atomic E-state index is -0.357. The minimum absolute atomic E-state index is 0.290. The van der Waals surface area contributed by atoms with Crippen LogP contribution >= 0.6 is 0 Å². The zero-order valence-electron chi connectivity index (χ0n) is 8.54. The van der Waals surface area contributed by atoms with Gasteiger partial charge >= 0.3 is 0 Å². The molecule has 0 saturated heterocycles. The summed E-state index contributed by atoms with van der Waals surface area (Å²) < 4.78 is 0. The first-order chi connectivity index (χ1) is 6.66. The predicted octanol–water partition coefficient (Wildman–Crippen LogP) is 2.55. The van der Waals surface area contributed by atoms with Crippen molar-refractivity contribution in [3.05, 3.63) is 35.4 Å². The van der Waals surface area contributed by atoms with Crippen LogP contribution in [-0.4, -0.2) is 11.6 Å². The topological polar surface area (TPSA) is 34.1 Å². The highest BCUT2D eigenvalue weighted by Crippen LogP contribution is 2.09. The first kappa shape index (κ1) is 10.6. The van der Waals surface area contributed by atoms with Gasteiger partial charge in [-0.1, -0.05) is 31.2 Å². The fourth-order valence-electron chi connectivity index (χ4n) is 1.32. The van der Waals surface area contributed by atoms with Gasteiger partial charge in [0.2, 0.25) is 11.6 Å². The lowest BCUT2D eigenvalue weighted by atomic mass is 10.0. The number of hydrogen-bond acceptors (Lipinski definition) is 2. The molecular weight excluding hydrogens is 176 g/mol. The van der Waals surface area contributed by atoms with E-state index in [4.69, 9.17) is 0 Å². The van der Waals surface area contributed by atoms with E-state index in [2.05, 4.69) is 0 Å². The van der Waals surface area contributed by atoms with Gasteiger partial charge in [0.05, 0.1) is 0 Å². The summed E-state index contributed by atoms with van der Waals surface area (Å²) in [5.74, 6) is -0.647. The molecule has 0 atom stereocenters. The molecule has 0 aliphatic carbocycles. The molecule has 2 nitrogen and oxygen atoms in total. The van der Waals surface area contributed by atoms with E-state index in [0.717, 1.165) is 12.0 Å². The molecule has 0 heterocycles. The van der Waals surface area contributed by atoms with Gasteiger partial charge < -0.3 is 0 Å². The number of ketones is 2. The van der Waals surface area contributed by atoms with Crippen LogP contribution in [0.5, 0.6) is 0 Å². The van der Waals surface area contributed by atoms with Crippen molar-refractivity contribution in [1.82, 2.24) is 0 Å². The Morgan fingerprint density at radius 3 is 2.43 bits per heavy atom. The van der Waals surface area contributed by atoms with Crippen LogP contribution in [-0.2, 0) is 4.79 Å². The third-order valence-corrected chi connectivity index (χ3v) is 2.12. The van der Waals surface area contributed by atoms with E-state index in [1.165, 1.54) is 0 Å². The molecule has 14 heavy (non-hydrogen) atoms. The number of Topliss-reactive ketones (excluding diaryl/α,β-unsaturated/α-hetero) is 2. The largest absolute Gasteiger partial charge is 0.290 e. The van der Waals surface area contributed by atoms with Gasteiger partial charge in [0, 0.05) is 12.0 Å². The number of rotatable bonds is 4. The number of carbonyl (C=O) groups excluding carboxylic acids is 2. The van der Waals surface area contributed by atoms with Crippen molar-refractivity contribution in [3.63, 3.8) is 0 Å². The van der Waals surface area contributed by atoms with E-state index in [0.29, 0.717) is 12.0 Å². The number of benzene rings is 1. The second-order valence-corrected chi connectivity index (χ2v) is 3.32. The summed E-state index contributed by atoms with van der Waals surface area (Å²) in [6.45, 7) is 3.73. The highest BCUT2D eigenvalue weighted by Gasteiger charge is 2.16. The van der Waals surface area contributed by atoms with E-state index in [1.807, 2.05) is 26.0 Å². The molecule has 0 N–H and O–H groups in total. The van der Waals surface area contributed by atoms with E-state index >= 15 is 0 Å². The van der Waals surface area contributed by atoms with Crippen molar-refractivity contribution >= 4 is 11.6 Å². The molecule has 0 aromatic heterocycles. The molecule has 0 spiro atoms. The van der Waals surface area contributed by atoms with Crippen LogP contribution in [0.1, 0.15) is 35.7 Å². The molecule has 0 amide bonds. The van der Waals surface area contributed by atoms with Crippen LogP contribution in [0, 0.1) is 6.92 Å². The van der Waals surface area contributed by atoms with Crippen molar-refractivity contribution in [3.8, 4) is 0 Å². The molecule has 0 unspecified atom stereocenters. The lowest BCUT2D eigenvalue weighted by Crippen LogP contribution is -2.14. The van der Waals surface area contributed by atoms with Gasteiger partial charge in [-0.2, -0.15) is 0 Å². The molecule has 0 aliphatic rings. The molecule has 0 fully saturated rings. The standard InChI is InChI=1S/C12H14O2/c1-3-6-11(13)12(14)10-8-5-4-7-9(10)2/h4-5,7-8H,3,6H2,1-2H3. The molecule has 0 bridgehead atoms. The van der Waals surface area contributed by atoms with Crippen LogP contribution in [0.3, 0.4) is 0 Å². The maximum absolute atomic E-state index is 11.6. The third kappa shape index (κ3) is 2.28. The average molecular weight is 190 g/mol. The molecule has 1 aromatic carbocycles. The smallest absolute Gasteiger partial charge is 0.228 e. The fraction of sp³-hybridized carbons (Fsp3) is 0.333. The van der Waals surface area contributed by atoms with Crippen LogP contribution < -0.4 is 0 Å². The Morgan fingerprint density at radius 2 is 1.86 bits per heavy atom. The first-order valence-corrected chi connectivity index (χ1v) is 4.80. The minimum Gasteiger partial charge on any atom is -0.290 e. The third-order valence-electron chi connectivity index (χ3n) is 2.12. The molecule has 74 valence electrons. The van der Waals surface area contributed by atoms with Gasteiger partial charge in [-0.3, -0.25) is 9.59 Å². The Labute approximate surface area is 83.9 Å². The fourth-order valence-corrected chi connectivity index (χ4v) is 1.32. The van der Waals surface area contributed by atoms with E-state index in [-0.39, 0.29) is 11.6 Å². The zero-order valence-corrected chi connectivity index (χ0v) is 8.54. The van der Waals surface area contributed by atoms with Crippen molar-refractivity contribution in [2.75, 3.05) is 0 Å². The second kappa shape index (κ2) is 4.70. The maximum atomic E-state index is 11.6. The number of hydrogen-bond donors (Lipinski definition) is 0. The molecule has 0 saturated carbocycles. The lowest BCUT2D eigenvalue weighted by Gasteiger charge is -2.02. The average Bonchev–Trinajstić information content (AvgIpc) is 2.18. The maximum Gasteiger partial charge on any atom is 0.228 e. The van der Waals surface area contributed by atoms with Gasteiger partial charge in [-0.05, 0) is 18.9 Å².